The third-order valence-electron chi connectivity index (χ3n) is 9.90. The summed E-state index contributed by atoms with van der Waals surface area (Å²) in [6.45, 7) is 4.18. The van der Waals surface area contributed by atoms with E-state index in [4.69, 9.17) is 0 Å². The molecule has 0 saturated heterocycles. The Hall–Kier alpha value is -1.37. The van der Waals surface area contributed by atoms with Crippen LogP contribution in [0.5, 0.6) is 0 Å². The highest BCUT2D eigenvalue weighted by atomic mass is 19.4. The SMILES string of the molecule is CC1(O)CCC2C(CCC3C2CCC2(C)C(C(=O)Cn4cc(C(F)(F)F)cn4)CCC32)C1. The summed E-state index contributed by atoms with van der Waals surface area (Å²) in [6.07, 6.45) is 6.69. The normalized spacial score (nSPS) is 43.9. The van der Waals surface area contributed by atoms with E-state index in [0.717, 1.165) is 62.0 Å². The molecule has 0 aromatic carbocycles. The summed E-state index contributed by atoms with van der Waals surface area (Å²) in [5.41, 5.74) is -1.37. The summed E-state index contributed by atoms with van der Waals surface area (Å²) < 4.78 is 39.8. The number of ketones is 1. The van der Waals surface area contributed by atoms with E-state index in [1.807, 2.05) is 6.92 Å². The quantitative estimate of drug-likeness (QED) is 0.660. The van der Waals surface area contributed by atoms with Crippen molar-refractivity contribution in [2.75, 3.05) is 0 Å². The molecule has 1 aromatic rings. The van der Waals surface area contributed by atoms with Crippen LogP contribution in [-0.2, 0) is 17.5 Å². The predicted octanol–water partition coefficient (Wildman–Crippen LogP) is 5.49. The van der Waals surface area contributed by atoms with Crippen LogP contribution in [0, 0.1) is 40.9 Å². The van der Waals surface area contributed by atoms with Crippen LogP contribution in [0.15, 0.2) is 12.4 Å². The molecule has 32 heavy (non-hydrogen) atoms. The third kappa shape index (κ3) is 3.72. The number of alkyl halides is 3. The Balaban J connectivity index is 1.29. The maximum atomic E-state index is 13.2. The Bertz CT molecular complexity index is 879. The van der Waals surface area contributed by atoms with Gasteiger partial charge in [0.2, 0.25) is 0 Å². The molecule has 1 heterocycles. The molecule has 178 valence electrons. The summed E-state index contributed by atoms with van der Waals surface area (Å²) in [5.74, 6) is 3.17. The molecule has 0 radical (unpaired) electrons. The second-order valence-corrected chi connectivity index (χ2v) is 11.7. The van der Waals surface area contributed by atoms with E-state index in [-0.39, 0.29) is 23.7 Å². The molecule has 7 heteroatoms. The number of fused-ring (bicyclic) bond motifs is 5. The molecule has 1 N–H and O–H groups in total. The van der Waals surface area contributed by atoms with Crippen molar-refractivity contribution >= 4 is 5.78 Å². The molecule has 4 aliphatic rings. The van der Waals surface area contributed by atoms with E-state index < -0.39 is 17.3 Å². The molecular formula is C25H35F3N2O2. The lowest BCUT2D eigenvalue weighted by atomic mass is 9.49. The molecule has 5 rings (SSSR count). The van der Waals surface area contributed by atoms with Crippen molar-refractivity contribution in [3.8, 4) is 0 Å². The zero-order chi connectivity index (χ0) is 22.9. The number of carbonyl (C=O) groups excluding carboxylic acids is 1. The first-order valence-electron chi connectivity index (χ1n) is 12.3. The number of rotatable bonds is 3. The first-order chi connectivity index (χ1) is 15.0. The maximum Gasteiger partial charge on any atom is 0.419 e. The van der Waals surface area contributed by atoms with E-state index >= 15 is 0 Å². The van der Waals surface area contributed by atoms with E-state index in [1.165, 1.54) is 12.8 Å². The fourth-order valence-corrected chi connectivity index (χ4v) is 8.48. The van der Waals surface area contributed by atoms with Crippen LogP contribution in [0.3, 0.4) is 0 Å². The van der Waals surface area contributed by atoms with E-state index in [0.29, 0.717) is 29.6 Å². The monoisotopic (exact) mass is 452 g/mol. The molecular weight excluding hydrogens is 417 g/mol. The highest BCUT2D eigenvalue weighted by Gasteiger charge is 2.58. The number of hydrogen-bond acceptors (Lipinski definition) is 3. The van der Waals surface area contributed by atoms with Crippen LogP contribution in [0.25, 0.3) is 0 Å². The highest BCUT2D eigenvalue weighted by molar-refractivity contribution is 5.82. The molecule has 1 aromatic heterocycles. The van der Waals surface area contributed by atoms with Crippen molar-refractivity contribution in [1.29, 1.82) is 0 Å². The lowest BCUT2D eigenvalue weighted by Gasteiger charge is -2.56. The van der Waals surface area contributed by atoms with Gasteiger partial charge >= 0.3 is 6.18 Å². The molecule has 0 amide bonds. The smallest absolute Gasteiger partial charge is 0.390 e. The van der Waals surface area contributed by atoms with Crippen molar-refractivity contribution in [3.05, 3.63) is 18.0 Å². The molecule has 0 aliphatic heterocycles. The van der Waals surface area contributed by atoms with Crippen molar-refractivity contribution in [1.82, 2.24) is 9.78 Å². The highest BCUT2D eigenvalue weighted by Crippen LogP contribution is 2.64. The largest absolute Gasteiger partial charge is 0.419 e. The Morgan fingerprint density at radius 2 is 1.84 bits per heavy atom. The Morgan fingerprint density at radius 1 is 1.09 bits per heavy atom. The maximum absolute atomic E-state index is 13.2. The number of carbonyl (C=O) groups is 1. The molecule has 8 atom stereocenters. The summed E-state index contributed by atoms with van der Waals surface area (Å²) >= 11 is 0. The first kappa shape index (κ1) is 22.4. The lowest BCUT2D eigenvalue weighted by Crippen LogP contribution is -2.51. The van der Waals surface area contributed by atoms with Gasteiger partial charge in [0.1, 0.15) is 0 Å². The summed E-state index contributed by atoms with van der Waals surface area (Å²) in [5, 5.41) is 14.4. The Morgan fingerprint density at radius 3 is 2.56 bits per heavy atom. The van der Waals surface area contributed by atoms with Crippen molar-refractivity contribution in [2.24, 2.45) is 40.9 Å². The van der Waals surface area contributed by atoms with Gasteiger partial charge in [-0.2, -0.15) is 18.3 Å². The van der Waals surface area contributed by atoms with Crippen LogP contribution in [0.4, 0.5) is 13.2 Å². The fourth-order valence-electron chi connectivity index (χ4n) is 8.48. The van der Waals surface area contributed by atoms with E-state index in [2.05, 4.69) is 12.0 Å². The summed E-state index contributed by atoms with van der Waals surface area (Å²) in [4.78, 5) is 13.2. The van der Waals surface area contributed by atoms with Crippen LogP contribution >= 0.6 is 0 Å². The standard InChI is InChI=1S/C25H35F3N2O2/c1-23(32)9-7-17-15(11-23)3-4-19-18(17)8-10-24(2)20(19)5-6-21(24)22(31)14-30-13-16(12-29-30)25(26,27)28/h12-13,15,17-21,32H,3-11,14H2,1-2H3. The minimum Gasteiger partial charge on any atom is -0.390 e. The van der Waals surface area contributed by atoms with E-state index in [1.54, 1.807) is 0 Å². The lowest BCUT2D eigenvalue weighted by molar-refractivity contribution is -0.138. The van der Waals surface area contributed by atoms with Gasteiger partial charge in [-0.05, 0) is 99.7 Å². The van der Waals surface area contributed by atoms with Gasteiger partial charge in [-0.25, -0.2) is 0 Å². The number of Topliss-reactive ketones (excluding diaryl/α,β-unsaturated/α-hetero) is 1. The van der Waals surface area contributed by atoms with Crippen LogP contribution < -0.4 is 0 Å². The zero-order valence-electron chi connectivity index (χ0n) is 19.1. The average molecular weight is 453 g/mol. The van der Waals surface area contributed by atoms with Crippen molar-refractivity contribution in [2.45, 2.75) is 90.0 Å². The first-order valence-corrected chi connectivity index (χ1v) is 12.3. The summed E-state index contributed by atoms with van der Waals surface area (Å²) in [7, 11) is 0. The van der Waals surface area contributed by atoms with E-state index in [9.17, 15) is 23.1 Å². The molecule has 0 bridgehead atoms. The second kappa shape index (κ2) is 7.57. The number of hydrogen-bond donors (Lipinski definition) is 1. The zero-order valence-corrected chi connectivity index (χ0v) is 19.1. The minimum atomic E-state index is -4.43. The molecule has 0 spiro atoms. The van der Waals surface area contributed by atoms with Crippen molar-refractivity contribution in [3.63, 3.8) is 0 Å². The van der Waals surface area contributed by atoms with Crippen LogP contribution in [0.2, 0.25) is 0 Å². The number of aliphatic hydroxyl groups is 1. The molecule has 4 saturated carbocycles. The number of halogens is 3. The Kier molecular flexibility index (Phi) is 5.31. The molecule has 8 unspecified atom stereocenters. The fraction of sp³-hybridized carbons (Fsp3) is 0.840. The molecule has 4 nitrogen and oxygen atoms in total. The van der Waals surface area contributed by atoms with Crippen molar-refractivity contribution < 1.29 is 23.1 Å². The topological polar surface area (TPSA) is 55.1 Å². The molecule has 4 fully saturated rings. The minimum absolute atomic E-state index is 0.0349. The van der Waals surface area contributed by atoms with Gasteiger partial charge in [-0.1, -0.05) is 6.92 Å². The third-order valence-corrected chi connectivity index (χ3v) is 9.90. The van der Waals surface area contributed by atoms with Crippen LogP contribution in [0.1, 0.15) is 77.2 Å². The van der Waals surface area contributed by atoms with Crippen LogP contribution in [-0.4, -0.2) is 26.3 Å². The van der Waals surface area contributed by atoms with Gasteiger partial charge < -0.3 is 5.11 Å². The van der Waals surface area contributed by atoms with Gasteiger partial charge in [0.15, 0.2) is 5.78 Å². The Labute approximate surface area is 187 Å². The van der Waals surface area contributed by atoms with Gasteiger partial charge in [0.05, 0.1) is 23.9 Å². The predicted molar refractivity (Wildman–Crippen MR) is 113 cm³/mol. The number of aromatic nitrogens is 2. The van der Waals surface area contributed by atoms with Gasteiger partial charge in [0, 0.05) is 12.1 Å². The van der Waals surface area contributed by atoms with Gasteiger partial charge in [-0.3, -0.25) is 9.48 Å². The molecule has 4 aliphatic carbocycles. The number of nitrogens with zero attached hydrogens (tertiary/aromatic N) is 2. The summed E-state index contributed by atoms with van der Waals surface area (Å²) in [6, 6.07) is 0. The average Bonchev–Trinajstić information content (AvgIpc) is 3.30. The van der Waals surface area contributed by atoms with Gasteiger partial charge in [-0.15, -0.1) is 0 Å². The van der Waals surface area contributed by atoms with Gasteiger partial charge in [0.25, 0.3) is 0 Å². The second-order valence-electron chi connectivity index (χ2n) is 11.7.